The van der Waals surface area contributed by atoms with E-state index < -0.39 is 69.8 Å². The number of aliphatic hydroxyl groups excluding tert-OH is 4. The third kappa shape index (κ3) is 18.1. The third-order valence-electron chi connectivity index (χ3n) is 29.4. The second-order valence-electron chi connectivity index (χ2n) is 39.7. The van der Waals surface area contributed by atoms with Gasteiger partial charge in [0, 0.05) is 145 Å². The third-order valence-corrected chi connectivity index (χ3v) is 29.4. The van der Waals surface area contributed by atoms with Crippen molar-refractivity contribution >= 4 is 113 Å². The molecule has 4 aliphatic heterocycles. The van der Waals surface area contributed by atoms with E-state index in [4.69, 9.17) is 61.8 Å². The lowest BCUT2D eigenvalue weighted by atomic mass is 9.92. The fourth-order valence-electron chi connectivity index (χ4n) is 18.5. The number of methoxy groups -OCH3 is 4. The van der Waals surface area contributed by atoms with Crippen LogP contribution in [0.4, 0.5) is 64.1 Å². The van der Waals surface area contributed by atoms with Gasteiger partial charge in [-0.05, 0) is 186 Å². The molecule has 0 bridgehead atoms. The summed E-state index contributed by atoms with van der Waals surface area (Å²) in [5.41, 5.74) is 30.4. The number of ether oxygens (including phenoxy) is 4. The summed E-state index contributed by atoms with van der Waals surface area (Å²) in [6, 6.07) is 12.8. The Labute approximate surface area is 804 Å². The van der Waals surface area contributed by atoms with E-state index in [2.05, 4.69) is 108 Å². The standard InChI is InChI=1S/4C24H31FN8O2/c4*1-13-6-7-15(11-31(13)16-10-27-32(12-16)24(3,4)14(2)34)21-29-22-17-8-18(25)20(35-5)9-19(17)28-23(26)33(22)30-21/h4*8-10,12-15,34H,6-7,11H2,1-5H3,(H2,26,28)/t2*13-,14+,15+;2*13-,14-,15+/m1010/s1. The first-order valence-corrected chi connectivity index (χ1v) is 47.2. The highest BCUT2D eigenvalue weighted by Crippen LogP contribution is 2.43. The zero-order valence-corrected chi connectivity index (χ0v) is 82.4. The average molecular weight is 1930 g/mol. The van der Waals surface area contributed by atoms with Gasteiger partial charge in [-0.3, -0.25) is 18.7 Å². The fraction of sp³-hybridized carbons (Fsp3) is 0.500. The molecule has 0 amide bonds. The number of hydrogen-bond donors (Lipinski definition) is 8. The molecule has 16 aromatic rings. The number of nitrogen functional groups attached to an aromatic ring is 4. The van der Waals surface area contributed by atoms with E-state index in [1.807, 2.05) is 124 Å². The molecule has 20 rings (SSSR count). The molecule has 40 nitrogen and oxygen atoms in total. The Morgan fingerprint density at radius 1 is 0.314 bits per heavy atom. The molecule has 0 aliphatic carbocycles. The van der Waals surface area contributed by atoms with Crippen molar-refractivity contribution in [1.29, 1.82) is 0 Å². The van der Waals surface area contributed by atoms with Crippen molar-refractivity contribution in [2.45, 2.75) is 257 Å². The van der Waals surface area contributed by atoms with Crippen LogP contribution in [0.1, 0.15) is 209 Å². The van der Waals surface area contributed by atoms with Crippen LogP contribution < -0.4 is 61.5 Å². The molecular weight excluding hydrogens is 1810 g/mol. The number of nitrogens with zero attached hydrogens (tertiary/aromatic N) is 28. The monoisotopic (exact) mass is 1930 g/mol. The minimum Gasteiger partial charge on any atom is -0.494 e. The number of halogens is 4. The smallest absolute Gasteiger partial charge is 0.223 e. The van der Waals surface area contributed by atoms with Crippen molar-refractivity contribution in [2.24, 2.45) is 0 Å². The number of aromatic nitrogens is 24. The lowest BCUT2D eigenvalue weighted by Gasteiger charge is -2.38. The summed E-state index contributed by atoms with van der Waals surface area (Å²) in [6.45, 7) is 34.3. The van der Waals surface area contributed by atoms with Gasteiger partial charge in [0.25, 0.3) is 0 Å². The predicted molar refractivity (Wildman–Crippen MR) is 525 cm³/mol. The van der Waals surface area contributed by atoms with Crippen LogP contribution in [0.15, 0.2) is 98.1 Å². The number of benzene rings is 4. The molecule has 0 saturated carbocycles. The lowest BCUT2D eigenvalue weighted by Crippen LogP contribution is -2.41. The maximum Gasteiger partial charge on any atom is 0.223 e. The Morgan fingerprint density at radius 2 is 0.507 bits per heavy atom. The van der Waals surface area contributed by atoms with E-state index in [0.717, 1.165) is 74.1 Å². The maximum absolute atomic E-state index is 14.5. The summed E-state index contributed by atoms with van der Waals surface area (Å²) in [5.74, 6) is 1.97. The Bertz CT molecular complexity index is 6430. The van der Waals surface area contributed by atoms with Crippen molar-refractivity contribution in [3.05, 3.63) is 145 Å². The molecule has 0 radical (unpaired) electrons. The number of aliphatic hydroxyl groups is 4. The average Bonchev–Trinajstić information content (AvgIpc) is 1.60. The summed E-state index contributed by atoms with van der Waals surface area (Å²) in [5, 5.41) is 79.6. The van der Waals surface area contributed by atoms with E-state index in [9.17, 15) is 38.0 Å². The van der Waals surface area contributed by atoms with E-state index in [1.165, 1.54) is 95.0 Å². The molecule has 44 heteroatoms. The molecule has 4 aromatic carbocycles. The fourth-order valence-corrected chi connectivity index (χ4v) is 18.5. The highest BCUT2D eigenvalue weighted by molar-refractivity contribution is 5.96. The molecule has 12 aromatic heterocycles. The van der Waals surface area contributed by atoms with Gasteiger partial charge in [0.15, 0.2) is 92.2 Å². The second kappa shape index (κ2) is 37.7. The van der Waals surface area contributed by atoms with Gasteiger partial charge >= 0.3 is 0 Å². The van der Waals surface area contributed by atoms with Crippen molar-refractivity contribution in [1.82, 2.24) is 117 Å². The van der Waals surface area contributed by atoms with Crippen LogP contribution in [0, 0.1) is 23.3 Å². The SMILES string of the molecule is COc1cc2nc(N)n3nc([C@@H]4CC[C@H](C)N(c5cnn(C(C)(C)[C@@H](C)O)c5)C4)nc3c2cc1F.COc1cc2nc(N)n3nc([C@@H]4CC[C@H](C)N(c5cnn(C(C)(C)[C@H](C)O)c5)C4)nc3c2cc1F.COc1cc2nc(N)n3nc([C@H]4CC[C@@H](C)N(c5cnn(C(C)(C)[C@@H](C)O)c5)C4)nc3c2cc1F.COc1cc2nc(N)n3nc([C@H]4CC[C@@H](C)N(c5cnn(C(C)(C)[C@H](C)O)c5)C4)nc3c2cc1F. The molecule has 0 spiro atoms. The van der Waals surface area contributed by atoms with Crippen molar-refractivity contribution in [3.8, 4) is 23.0 Å². The molecule has 4 saturated heterocycles. The van der Waals surface area contributed by atoms with Gasteiger partial charge in [-0.1, -0.05) is 0 Å². The molecule has 12 atom stereocenters. The molecule has 744 valence electrons. The molecular formula is C96H124F4N32O8. The van der Waals surface area contributed by atoms with Gasteiger partial charge in [0.1, 0.15) is 0 Å². The van der Waals surface area contributed by atoms with Crippen LogP contribution in [-0.4, -0.2) is 241 Å². The molecule has 0 unspecified atom stereocenters. The Morgan fingerprint density at radius 3 is 0.686 bits per heavy atom. The van der Waals surface area contributed by atoms with Crippen LogP contribution >= 0.6 is 0 Å². The number of fused-ring (bicyclic) bond motifs is 12. The van der Waals surface area contributed by atoms with Gasteiger partial charge in [-0.25, -0.2) is 57.4 Å². The van der Waals surface area contributed by atoms with Gasteiger partial charge in [-0.2, -0.15) is 38.5 Å². The van der Waals surface area contributed by atoms with E-state index >= 15 is 0 Å². The van der Waals surface area contributed by atoms with Gasteiger partial charge in [0.2, 0.25) is 23.8 Å². The number of piperidine rings is 4. The predicted octanol–water partition coefficient (Wildman–Crippen LogP) is 12.4. The largest absolute Gasteiger partial charge is 0.494 e. The van der Waals surface area contributed by atoms with Gasteiger partial charge in [0.05, 0.1) is 145 Å². The highest BCUT2D eigenvalue weighted by Gasteiger charge is 2.40. The lowest BCUT2D eigenvalue weighted by molar-refractivity contribution is 0.0646. The number of anilines is 8. The number of hydrogen-bond acceptors (Lipinski definition) is 32. The highest BCUT2D eigenvalue weighted by atomic mass is 19.1. The maximum atomic E-state index is 14.5. The normalized spacial score (nSPS) is 20.0. The van der Waals surface area contributed by atoms with E-state index in [0.29, 0.717) is 140 Å². The van der Waals surface area contributed by atoms with Crippen LogP contribution in [0.2, 0.25) is 0 Å². The summed E-state index contributed by atoms with van der Waals surface area (Å²) < 4.78 is 91.3. The Balaban J connectivity index is 0.000000129. The first-order chi connectivity index (χ1) is 66.4. The minimum absolute atomic E-state index is 0.0526. The summed E-state index contributed by atoms with van der Waals surface area (Å²) in [4.78, 5) is 45.8. The summed E-state index contributed by atoms with van der Waals surface area (Å²) >= 11 is 0. The summed E-state index contributed by atoms with van der Waals surface area (Å²) in [6.07, 6.45) is 20.5. The van der Waals surface area contributed by atoms with Crippen molar-refractivity contribution in [3.63, 3.8) is 0 Å². The Hall–Kier alpha value is -13.9. The van der Waals surface area contributed by atoms with Crippen molar-refractivity contribution < 1.29 is 56.9 Å². The van der Waals surface area contributed by atoms with Crippen LogP contribution in [0.5, 0.6) is 23.0 Å². The molecule has 140 heavy (non-hydrogen) atoms. The van der Waals surface area contributed by atoms with E-state index in [-0.39, 0.29) is 70.5 Å². The molecule has 16 heterocycles. The molecule has 4 aliphatic rings. The van der Waals surface area contributed by atoms with Crippen LogP contribution in [0.3, 0.4) is 0 Å². The van der Waals surface area contributed by atoms with Crippen molar-refractivity contribution in [2.75, 3.05) is 97.2 Å². The van der Waals surface area contributed by atoms with Gasteiger partial charge < -0.3 is 81.9 Å². The molecule has 4 fully saturated rings. The first kappa shape index (κ1) is 97.8. The Kier molecular flexibility index (Phi) is 26.3. The topological polar surface area (TPSA) is 478 Å². The zero-order chi connectivity index (χ0) is 100. The summed E-state index contributed by atoms with van der Waals surface area (Å²) in [7, 11) is 5.64. The number of rotatable bonds is 20. The van der Waals surface area contributed by atoms with Crippen LogP contribution in [-0.2, 0) is 22.2 Å². The van der Waals surface area contributed by atoms with E-state index in [1.54, 1.807) is 27.7 Å². The minimum atomic E-state index is -0.553. The quantitative estimate of drug-likeness (QED) is 0.0329. The number of nitrogens with two attached hydrogens (primary N) is 4. The zero-order valence-electron chi connectivity index (χ0n) is 82.4. The first-order valence-electron chi connectivity index (χ1n) is 47.2. The second-order valence-corrected chi connectivity index (χ2v) is 39.7. The molecule has 12 N–H and O–H groups in total. The van der Waals surface area contributed by atoms with Crippen LogP contribution in [0.25, 0.3) is 66.2 Å². The van der Waals surface area contributed by atoms with Gasteiger partial charge in [-0.15, -0.1) is 20.4 Å².